The topological polar surface area (TPSA) is 72.2 Å². The molecule has 2 amide bonds. The SMILES string of the molecule is COc1ccc(CCN(Cc2ccco2)C(=O)CN(C(=O)c2ccc(Cl)c(Cl)c2)C2CCCCC2)cc1OC. The Balaban J connectivity index is 1.55. The van der Waals surface area contributed by atoms with Gasteiger partial charge in [-0.3, -0.25) is 9.59 Å². The number of ether oxygens (including phenoxy) is 2. The molecule has 0 atom stereocenters. The zero-order chi connectivity index (χ0) is 27.8. The van der Waals surface area contributed by atoms with Gasteiger partial charge in [-0.1, -0.05) is 48.5 Å². The minimum atomic E-state index is -0.216. The predicted molar refractivity (Wildman–Crippen MR) is 152 cm³/mol. The standard InChI is InChI=1S/C30H34Cl2N2O5/c1-37-27-13-10-21(17-28(27)38-2)14-15-33(19-24-9-6-16-39-24)29(35)20-34(23-7-4-3-5-8-23)30(36)22-11-12-25(31)26(32)18-22/h6,9-13,16-18,23H,3-5,7-8,14-15,19-20H2,1-2H3. The second-order valence-electron chi connectivity index (χ2n) is 9.69. The van der Waals surface area contributed by atoms with Crippen LogP contribution in [0.1, 0.15) is 53.8 Å². The van der Waals surface area contributed by atoms with E-state index in [2.05, 4.69) is 0 Å². The maximum Gasteiger partial charge on any atom is 0.254 e. The first-order valence-electron chi connectivity index (χ1n) is 13.2. The summed E-state index contributed by atoms with van der Waals surface area (Å²) in [6.07, 6.45) is 7.10. The molecule has 2 aromatic carbocycles. The maximum atomic E-state index is 13.8. The molecule has 208 valence electrons. The molecule has 1 aliphatic rings. The second-order valence-corrected chi connectivity index (χ2v) is 10.5. The molecule has 4 rings (SSSR count). The van der Waals surface area contributed by atoms with Gasteiger partial charge >= 0.3 is 0 Å². The van der Waals surface area contributed by atoms with Gasteiger partial charge in [-0.2, -0.15) is 0 Å². The van der Waals surface area contributed by atoms with Crippen LogP contribution in [0.25, 0.3) is 0 Å². The van der Waals surface area contributed by atoms with Crippen LogP contribution in [0.3, 0.4) is 0 Å². The molecule has 0 bridgehead atoms. The number of amides is 2. The molecule has 0 radical (unpaired) electrons. The monoisotopic (exact) mass is 572 g/mol. The number of halogens is 2. The molecule has 39 heavy (non-hydrogen) atoms. The quantitative estimate of drug-likeness (QED) is 0.257. The average molecular weight is 574 g/mol. The van der Waals surface area contributed by atoms with Crippen LogP contribution in [0.2, 0.25) is 10.0 Å². The van der Waals surface area contributed by atoms with E-state index < -0.39 is 0 Å². The van der Waals surface area contributed by atoms with Crippen molar-refractivity contribution in [3.05, 3.63) is 81.7 Å². The van der Waals surface area contributed by atoms with Gasteiger partial charge in [-0.15, -0.1) is 0 Å². The summed E-state index contributed by atoms with van der Waals surface area (Å²) in [4.78, 5) is 31.0. The van der Waals surface area contributed by atoms with Gasteiger partial charge in [-0.25, -0.2) is 0 Å². The summed E-state index contributed by atoms with van der Waals surface area (Å²) < 4.78 is 16.3. The fraction of sp³-hybridized carbons (Fsp3) is 0.400. The molecule has 1 saturated carbocycles. The van der Waals surface area contributed by atoms with Crippen LogP contribution in [-0.4, -0.2) is 55.0 Å². The average Bonchev–Trinajstić information content (AvgIpc) is 3.48. The van der Waals surface area contributed by atoms with Gasteiger partial charge in [0.2, 0.25) is 5.91 Å². The lowest BCUT2D eigenvalue weighted by atomic mass is 9.93. The molecule has 3 aromatic rings. The molecule has 0 spiro atoms. The summed E-state index contributed by atoms with van der Waals surface area (Å²) in [5.41, 5.74) is 1.42. The van der Waals surface area contributed by atoms with Crippen molar-refractivity contribution in [3.63, 3.8) is 0 Å². The molecule has 0 unspecified atom stereocenters. The Morgan fingerprint density at radius 3 is 2.38 bits per heavy atom. The summed E-state index contributed by atoms with van der Waals surface area (Å²) >= 11 is 12.3. The van der Waals surface area contributed by atoms with Gasteiger partial charge in [0.25, 0.3) is 5.91 Å². The van der Waals surface area contributed by atoms with E-state index in [1.807, 2.05) is 24.3 Å². The van der Waals surface area contributed by atoms with E-state index in [0.717, 1.165) is 37.7 Å². The van der Waals surface area contributed by atoms with E-state index in [1.54, 1.807) is 54.5 Å². The van der Waals surface area contributed by atoms with Crippen LogP contribution >= 0.6 is 23.2 Å². The smallest absolute Gasteiger partial charge is 0.254 e. The van der Waals surface area contributed by atoms with Crippen LogP contribution in [0.15, 0.2) is 59.2 Å². The normalized spacial score (nSPS) is 13.6. The van der Waals surface area contributed by atoms with Crippen molar-refractivity contribution in [2.75, 3.05) is 27.3 Å². The number of benzene rings is 2. The lowest BCUT2D eigenvalue weighted by Gasteiger charge is -2.35. The summed E-state index contributed by atoms with van der Waals surface area (Å²) in [6.45, 7) is 0.712. The van der Waals surface area contributed by atoms with Gasteiger partial charge in [0.05, 0.1) is 37.1 Å². The number of rotatable bonds is 11. The lowest BCUT2D eigenvalue weighted by Crippen LogP contribution is -2.48. The van der Waals surface area contributed by atoms with E-state index in [-0.39, 0.29) is 24.4 Å². The van der Waals surface area contributed by atoms with Crippen molar-refractivity contribution in [1.29, 1.82) is 0 Å². The summed E-state index contributed by atoms with van der Waals surface area (Å²) in [7, 11) is 3.19. The van der Waals surface area contributed by atoms with Gasteiger partial charge in [0.15, 0.2) is 11.5 Å². The summed E-state index contributed by atoms with van der Waals surface area (Å²) in [6, 6.07) is 14.2. The Labute approximate surface area is 239 Å². The maximum absolute atomic E-state index is 13.8. The van der Waals surface area contributed by atoms with Crippen LogP contribution in [-0.2, 0) is 17.8 Å². The van der Waals surface area contributed by atoms with Gasteiger partial charge < -0.3 is 23.7 Å². The number of methoxy groups -OCH3 is 2. The molecule has 0 aliphatic heterocycles. The van der Waals surface area contributed by atoms with E-state index in [4.69, 9.17) is 37.1 Å². The minimum Gasteiger partial charge on any atom is -0.493 e. The highest BCUT2D eigenvalue weighted by Crippen LogP contribution is 2.29. The lowest BCUT2D eigenvalue weighted by molar-refractivity contribution is -0.133. The summed E-state index contributed by atoms with van der Waals surface area (Å²) in [5, 5.41) is 0.695. The van der Waals surface area contributed by atoms with Crippen molar-refractivity contribution in [3.8, 4) is 11.5 Å². The number of nitrogens with zero attached hydrogens (tertiary/aromatic N) is 2. The van der Waals surface area contributed by atoms with Crippen molar-refractivity contribution >= 4 is 35.0 Å². The molecule has 0 saturated heterocycles. The molecule has 9 heteroatoms. The van der Waals surface area contributed by atoms with Crippen LogP contribution in [0.4, 0.5) is 0 Å². The second kappa shape index (κ2) is 13.8. The van der Waals surface area contributed by atoms with E-state index in [0.29, 0.717) is 52.4 Å². The number of hydrogen-bond acceptors (Lipinski definition) is 5. The van der Waals surface area contributed by atoms with Gasteiger partial charge in [-0.05, 0) is 67.3 Å². The fourth-order valence-corrected chi connectivity index (χ4v) is 5.28. The summed E-state index contributed by atoms with van der Waals surface area (Å²) in [5.74, 6) is 1.59. The van der Waals surface area contributed by atoms with E-state index >= 15 is 0 Å². The largest absolute Gasteiger partial charge is 0.493 e. The molecular weight excluding hydrogens is 539 g/mol. The fourth-order valence-electron chi connectivity index (χ4n) is 4.98. The first-order valence-corrected chi connectivity index (χ1v) is 13.9. The zero-order valence-electron chi connectivity index (χ0n) is 22.3. The Hall–Kier alpha value is -3.16. The van der Waals surface area contributed by atoms with Gasteiger partial charge in [0, 0.05) is 18.2 Å². The highest BCUT2D eigenvalue weighted by molar-refractivity contribution is 6.42. The Morgan fingerprint density at radius 2 is 1.72 bits per heavy atom. The molecule has 1 aromatic heterocycles. The van der Waals surface area contributed by atoms with E-state index in [1.165, 1.54) is 0 Å². The number of carbonyl (C=O) groups is 2. The Kier molecular flexibility index (Phi) is 10.2. The molecule has 1 heterocycles. The molecule has 7 nitrogen and oxygen atoms in total. The molecule has 1 fully saturated rings. The highest BCUT2D eigenvalue weighted by atomic mass is 35.5. The first-order chi connectivity index (χ1) is 18.9. The molecule has 1 aliphatic carbocycles. The third-order valence-electron chi connectivity index (χ3n) is 7.15. The van der Waals surface area contributed by atoms with Crippen molar-refractivity contribution in [1.82, 2.24) is 9.80 Å². The van der Waals surface area contributed by atoms with Crippen molar-refractivity contribution < 1.29 is 23.5 Å². The van der Waals surface area contributed by atoms with Crippen molar-refractivity contribution in [2.24, 2.45) is 0 Å². The Morgan fingerprint density at radius 1 is 0.949 bits per heavy atom. The first kappa shape index (κ1) is 28.8. The van der Waals surface area contributed by atoms with E-state index in [9.17, 15) is 9.59 Å². The molecule has 0 N–H and O–H groups in total. The van der Waals surface area contributed by atoms with Gasteiger partial charge in [0.1, 0.15) is 12.3 Å². The van der Waals surface area contributed by atoms with Crippen LogP contribution < -0.4 is 9.47 Å². The Bertz CT molecular complexity index is 1260. The highest BCUT2D eigenvalue weighted by Gasteiger charge is 2.30. The minimum absolute atomic E-state index is 0.0130. The third kappa shape index (κ3) is 7.49. The van der Waals surface area contributed by atoms with Crippen LogP contribution in [0.5, 0.6) is 11.5 Å². The predicted octanol–water partition coefficient (Wildman–Crippen LogP) is 6.65. The third-order valence-corrected chi connectivity index (χ3v) is 7.89. The number of hydrogen-bond donors (Lipinski definition) is 0. The number of carbonyl (C=O) groups excluding carboxylic acids is 2. The van der Waals surface area contributed by atoms with Crippen LogP contribution in [0, 0.1) is 0 Å². The zero-order valence-corrected chi connectivity index (χ0v) is 23.8. The number of furan rings is 1. The molecular formula is C30H34Cl2N2O5. The van der Waals surface area contributed by atoms with Crippen molar-refractivity contribution in [2.45, 2.75) is 51.1 Å².